The molecule has 7 heteroatoms. The van der Waals surface area contributed by atoms with Crippen molar-refractivity contribution in [2.24, 2.45) is 0 Å². The molecule has 0 radical (unpaired) electrons. The molecule has 92 valence electrons. The average Bonchev–Trinajstić information content (AvgIpc) is 2.08. The quantitative estimate of drug-likeness (QED) is 0.439. The van der Waals surface area contributed by atoms with Gasteiger partial charge in [-0.05, 0) is 0 Å². The Morgan fingerprint density at radius 2 is 1.20 bits per heavy atom. The second kappa shape index (κ2) is 13.0. The van der Waals surface area contributed by atoms with E-state index < -0.39 is 33.6 Å². The zero-order valence-electron chi connectivity index (χ0n) is 9.16. The first-order chi connectivity index (χ1) is 6.81. The van der Waals surface area contributed by atoms with Crippen molar-refractivity contribution < 1.29 is 3.08 Å². The standard InChI is InChI=1S/2C4H9.4ClH.O.2Sn/c2*1-3-4-2;;;;;;;/h2*1,3-4H2,2H3;4*1H;;;/q;;;;;;;;+4/p-4. The summed E-state index contributed by atoms with van der Waals surface area (Å²) < 4.78 is 13.4. The van der Waals surface area contributed by atoms with Gasteiger partial charge in [-0.25, -0.2) is 0 Å². The Morgan fingerprint density at radius 1 is 0.933 bits per heavy atom. The van der Waals surface area contributed by atoms with E-state index in [-0.39, 0.29) is 0 Å². The van der Waals surface area contributed by atoms with E-state index in [1.807, 2.05) is 0 Å². The van der Waals surface area contributed by atoms with Gasteiger partial charge in [0.05, 0.1) is 0 Å². The Kier molecular flexibility index (Phi) is 17.2. The SMILES string of the molecule is CCC[CH2][Sn](=[O])[CH2]CCC.[Cl][Sn]([Cl])([Cl])[Cl]. The molecule has 0 atom stereocenters. The molecular weight excluding hydrogens is 491 g/mol. The second-order valence-electron chi connectivity index (χ2n) is 3.17. The summed E-state index contributed by atoms with van der Waals surface area (Å²) in [5.74, 6) is 0. The van der Waals surface area contributed by atoms with Crippen LogP contribution in [0.4, 0.5) is 0 Å². The monoisotopic (exact) mass is 510 g/mol. The normalized spacial score (nSPS) is 10.5. The van der Waals surface area contributed by atoms with Crippen molar-refractivity contribution in [1.82, 2.24) is 0 Å². The average molecular weight is 509 g/mol. The fourth-order valence-corrected chi connectivity index (χ4v) is 5.86. The van der Waals surface area contributed by atoms with Crippen LogP contribution in [0.25, 0.3) is 0 Å². The third-order valence-electron chi connectivity index (χ3n) is 1.62. The maximum atomic E-state index is 11.2. The Morgan fingerprint density at radius 3 is 1.40 bits per heavy atom. The molecule has 0 saturated carbocycles. The Hall–Kier alpha value is 2.56. The summed E-state index contributed by atoms with van der Waals surface area (Å²) in [6.07, 6.45) is 4.81. The van der Waals surface area contributed by atoms with Crippen LogP contribution in [-0.4, -0.2) is 33.6 Å². The van der Waals surface area contributed by atoms with Crippen molar-refractivity contribution in [2.75, 3.05) is 0 Å². The minimum absolute atomic E-state index is 1.08. The molecule has 0 aliphatic carbocycles. The molecule has 15 heavy (non-hydrogen) atoms. The van der Waals surface area contributed by atoms with Crippen LogP contribution in [0.15, 0.2) is 0 Å². The van der Waals surface area contributed by atoms with Crippen molar-refractivity contribution in [1.29, 1.82) is 0 Å². The topological polar surface area (TPSA) is 17.1 Å². The van der Waals surface area contributed by atoms with Gasteiger partial charge in [0.2, 0.25) is 0 Å². The van der Waals surface area contributed by atoms with Crippen molar-refractivity contribution in [3.8, 4) is 0 Å². The molecule has 0 saturated heterocycles. The summed E-state index contributed by atoms with van der Waals surface area (Å²) in [6, 6.07) is 0. The van der Waals surface area contributed by atoms with Gasteiger partial charge in [-0.3, -0.25) is 0 Å². The molecule has 0 unspecified atom stereocenters. The fraction of sp³-hybridized carbons (Fsp3) is 1.00. The number of hydrogen-bond donors (Lipinski definition) is 0. The number of halogens is 4. The van der Waals surface area contributed by atoms with E-state index in [1.54, 1.807) is 0 Å². The molecule has 0 N–H and O–H groups in total. The molecule has 0 heterocycles. The third kappa shape index (κ3) is 31.5. The van der Waals surface area contributed by atoms with Crippen LogP contribution in [0.2, 0.25) is 8.87 Å². The van der Waals surface area contributed by atoms with Crippen LogP contribution in [0.3, 0.4) is 0 Å². The van der Waals surface area contributed by atoms with Gasteiger partial charge < -0.3 is 0 Å². The van der Waals surface area contributed by atoms with Gasteiger partial charge in [0.1, 0.15) is 0 Å². The Bertz CT molecular complexity index is 145. The van der Waals surface area contributed by atoms with Crippen molar-refractivity contribution in [2.45, 2.75) is 48.4 Å². The molecule has 0 aromatic heterocycles. The summed E-state index contributed by atoms with van der Waals surface area (Å²) in [4.78, 5) is 0. The molecule has 0 spiro atoms. The molecule has 0 aromatic rings. The van der Waals surface area contributed by atoms with Crippen molar-refractivity contribution in [3.05, 3.63) is 0 Å². The first-order valence-electron chi connectivity index (χ1n) is 5.08. The number of rotatable bonds is 6. The van der Waals surface area contributed by atoms with Gasteiger partial charge in [-0.2, -0.15) is 0 Å². The summed E-state index contributed by atoms with van der Waals surface area (Å²) in [5.41, 5.74) is 0. The third-order valence-corrected chi connectivity index (χ3v) is 6.82. The first kappa shape index (κ1) is 19.9. The molecule has 0 aliphatic rings. The van der Waals surface area contributed by atoms with Gasteiger partial charge >= 0.3 is 121 Å². The summed E-state index contributed by atoms with van der Waals surface area (Å²) in [7, 11) is 20.1. The van der Waals surface area contributed by atoms with Crippen LogP contribution in [0.1, 0.15) is 39.5 Å². The zero-order valence-corrected chi connectivity index (χ0v) is 17.9. The van der Waals surface area contributed by atoms with E-state index in [0.717, 1.165) is 8.87 Å². The minimum atomic E-state index is -3.29. The number of unbranched alkanes of at least 4 members (excludes halogenated alkanes) is 2. The predicted octanol–water partition coefficient (Wildman–Crippen LogP) is 5.39. The van der Waals surface area contributed by atoms with Crippen molar-refractivity contribution >= 4 is 69.3 Å². The summed E-state index contributed by atoms with van der Waals surface area (Å²) >= 11 is -5.28. The van der Waals surface area contributed by atoms with Crippen LogP contribution in [0, 0.1) is 0 Å². The molecule has 0 aliphatic heterocycles. The van der Waals surface area contributed by atoms with E-state index in [4.69, 9.17) is 35.7 Å². The van der Waals surface area contributed by atoms with Gasteiger partial charge in [0, 0.05) is 0 Å². The van der Waals surface area contributed by atoms with E-state index in [2.05, 4.69) is 13.8 Å². The molecule has 0 amide bonds. The van der Waals surface area contributed by atoms with Crippen LogP contribution < -0.4 is 0 Å². The fourth-order valence-electron chi connectivity index (χ4n) is 0.873. The van der Waals surface area contributed by atoms with E-state index >= 15 is 0 Å². The Labute approximate surface area is 119 Å². The molecular formula is C8H18Cl4OSn2. The second-order valence-corrected chi connectivity index (χ2v) is 34.5. The summed E-state index contributed by atoms with van der Waals surface area (Å²) in [6.45, 7) is 4.33. The molecule has 0 bridgehead atoms. The van der Waals surface area contributed by atoms with Gasteiger partial charge in [0.15, 0.2) is 0 Å². The molecule has 1 nitrogen and oxygen atoms in total. The van der Waals surface area contributed by atoms with Gasteiger partial charge in [-0.1, -0.05) is 0 Å². The molecule has 0 aromatic carbocycles. The van der Waals surface area contributed by atoms with Crippen LogP contribution >= 0.6 is 35.7 Å². The molecule has 0 fully saturated rings. The van der Waals surface area contributed by atoms with E-state index in [1.165, 1.54) is 25.7 Å². The van der Waals surface area contributed by atoms with E-state index in [9.17, 15) is 3.08 Å². The van der Waals surface area contributed by atoms with Crippen LogP contribution in [0.5, 0.6) is 0 Å². The van der Waals surface area contributed by atoms with E-state index in [0.29, 0.717) is 0 Å². The Balaban J connectivity index is 0. The van der Waals surface area contributed by atoms with Crippen molar-refractivity contribution in [3.63, 3.8) is 0 Å². The number of hydrogen-bond acceptors (Lipinski definition) is 1. The van der Waals surface area contributed by atoms with Gasteiger partial charge in [-0.15, -0.1) is 0 Å². The van der Waals surface area contributed by atoms with Crippen LogP contribution in [-0.2, 0) is 3.08 Å². The predicted molar refractivity (Wildman–Crippen MR) is 75.0 cm³/mol. The first-order valence-corrected chi connectivity index (χ1v) is 24.7. The summed E-state index contributed by atoms with van der Waals surface area (Å²) in [5, 5.41) is 0. The maximum absolute atomic E-state index is 11.2. The van der Waals surface area contributed by atoms with Gasteiger partial charge in [0.25, 0.3) is 0 Å². The molecule has 0 rings (SSSR count). The zero-order chi connectivity index (χ0) is 12.3.